The van der Waals surface area contributed by atoms with Crippen LogP contribution in [0.15, 0.2) is 0 Å². The lowest BCUT2D eigenvalue weighted by Gasteiger charge is -2.28. The highest BCUT2D eigenvalue weighted by Crippen LogP contribution is 2.19. The van der Waals surface area contributed by atoms with Crippen LogP contribution in [0.5, 0.6) is 0 Å². The van der Waals surface area contributed by atoms with Crippen LogP contribution in [0.2, 0.25) is 0 Å². The third kappa shape index (κ3) is 5.53. The van der Waals surface area contributed by atoms with Crippen LogP contribution in [-0.2, 0) is 4.74 Å². The van der Waals surface area contributed by atoms with E-state index < -0.39 is 0 Å². The van der Waals surface area contributed by atoms with Gasteiger partial charge in [0.2, 0.25) is 0 Å². The summed E-state index contributed by atoms with van der Waals surface area (Å²) in [5.41, 5.74) is 0. The van der Waals surface area contributed by atoms with Gasteiger partial charge in [0.15, 0.2) is 0 Å². The molecule has 1 N–H and O–H groups in total. The topological polar surface area (TPSA) is 21.3 Å². The number of hydrogen-bond acceptors (Lipinski definition) is 2. The fourth-order valence-corrected chi connectivity index (χ4v) is 1.93. The summed E-state index contributed by atoms with van der Waals surface area (Å²) in [6.45, 7) is 14.6. The third-order valence-corrected chi connectivity index (χ3v) is 3.46. The first-order valence-electron chi connectivity index (χ1n) is 6.16. The lowest BCUT2D eigenvalue weighted by molar-refractivity contribution is 0.0846. The fraction of sp³-hybridized carbons (Fsp3) is 1.00. The zero-order valence-electron chi connectivity index (χ0n) is 11.5. The Kier molecular flexibility index (Phi) is 7.20. The van der Waals surface area contributed by atoms with Gasteiger partial charge in [-0.25, -0.2) is 0 Å². The van der Waals surface area contributed by atoms with Crippen molar-refractivity contribution in [1.82, 2.24) is 5.32 Å². The Labute approximate surface area is 95.8 Å². The maximum absolute atomic E-state index is 5.30. The maximum atomic E-state index is 5.30. The molecular formula is C13H29NO. The summed E-state index contributed by atoms with van der Waals surface area (Å²) in [5.74, 6) is 2.22. The quantitative estimate of drug-likeness (QED) is 0.705. The van der Waals surface area contributed by atoms with Crippen molar-refractivity contribution in [3.05, 3.63) is 0 Å². The number of methoxy groups -OCH3 is 1. The molecule has 0 rings (SSSR count). The minimum absolute atomic E-state index is 0.282. The van der Waals surface area contributed by atoms with Crippen LogP contribution < -0.4 is 5.32 Å². The van der Waals surface area contributed by atoms with Crippen LogP contribution in [-0.4, -0.2) is 25.8 Å². The minimum Gasteiger partial charge on any atom is -0.380 e. The molecule has 0 aromatic carbocycles. The summed E-state index contributed by atoms with van der Waals surface area (Å²) in [4.78, 5) is 0. The summed E-state index contributed by atoms with van der Waals surface area (Å²) in [6, 6.07) is 0.426. The summed E-state index contributed by atoms with van der Waals surface area (Å²) in [5, 5.41) is 3.57. The minimum atomic E-state index is 0.282. The first-order chi connectivity index (χ1) is 6.90. The van der Waals surface area contributed by atoms with E-state index in [0.717, 1.165) is 24.3 Å². The standard InChI is InChI=1S/C13H29NO/c1-9(2)13(10(3)4)8-14-11(5)12(6)15-7/h9-14H,8H2,1-7H3. The zero-order chi connectivity index (χ0) is 12.0. The first kappa shape index (κ1) is 14.9. The molecule has 0 heterocycles. The van der Waals surface area contributed by atoms with Gasteiger partial charge >= 0.3 is 0 Å². The molecule has 92 valence electrons. The van der Waals surface area contributed by atoms with Crippen LogP contribution in [0.3, 0.4) is 0 Å². The predicted molar refractivity (Wildman–Crippen MR) is 67.1 cm³/mol. The Bertz CT molecular complexity index is 149. The molecule has 0 aliphatic rings. The molecule has 2 nitrogen and oxygen atoms in total. The number of hydrogen-bond donors (Lipinski definition) is 1. The first-order valence-corrected chi connectivity index (χ1v) is 6.16. The lowest BCUT2D eigenvalue weighted by Crippen LogP contribution is -2.41. The largest absolute Gasteiger partial charge is 0.380 e. The van der Waals surface area contributed by atoms with Crippen molar-refractivity contribution in [2.45, 2.75) is 53.7 Å². The average molecular weight is 215 g/mol. The number of nitrogens with one attached hydrogen (secondary N) is 1. The molecule has 0 radical (unpaired) electrons. The van der Waals surface area contributed by atoms with Gasteiger partial charge in [0, 0.05) is 13.2 Å². The Morgan fingerprint density at radius 3 is 1.73 bits per heavy atom. The predicted octanol–water partition coefficient (Wildman–Crippen LogP) is 2.93. The number of ether oxygens (including phenoxy) is 1. The van der Waals surface area contributed by atoms with E-state index in [1.54, 1.807) is 7.11 Å². The molecule has 0 aliphatic heterocycles. The molecule has 0 bridgehead atoms. The smallest absolute Gasteiger partial charge is 0.0693 e. The van der Waals surface area contributed by atoms with Crippen molar-refractivity contribution in [3.8, 4) is 0 Å². The van der Waals surface area contributed by atoms with Gasteiger partial charge in [-0.15, -0.1) is 0 Å². The van der Waals surface area contributed by atoms with E-state index >= 15 is 0 Å². The van der Waals surface area contributed by atoms with Crippen molar-refractivity contribution in [3.63, 3.8) is 0 Å². The molecule has 0 aromatic heterocycles. The molecule has 0 saturated carbocycles. The van der Waals surface area contributed by atoms with Crippen molar-refractivity contribution in [1.29, 1.82) is 0 Å². The van der Waals surface area contributed by atoms with E-state index in [4.69, 9.17) is 4.74 Å². The van der Waals surface area contributed by atoms with Crippen LogP contribution in [0, 0.1) is 17.8 Å². The maximum Gasteiger partial charge on any atom is 0.0693 e. The summed E-state index contributed by atoms with van der Waals surface area (Å²) >= 11 is 0. The van der Waals surface area contributed by atoms with E-state index in [-0.39, 0.29) is 6.10 Å². The Hall–Kier alpha value is -0.0800. The van der Waals surface area contributed by atoms with E-state index in [1.807, 2.05) is 0 Å². The van der Waals surface area contributed by atoms with E-state index in [2.05, 4.69) is 46.9 Å². The van der Waals surface area contributed by atoms with E-state index in [1.165, 1.54) is 0 Å². The monoisotopic (exact) mass is 215 g/mol. The Morgan fingerprint density at radius 1 is 0.933 bits per heavy atom. The van der Waals surface area contributed by atoms with Crippen molar-refractivity contribution in [2.24, 2.45) is 17.8 Å². The van der Waals surface area contributed by atoms with Gasteiger partial charge in [0.25, 0.3) is 0 Å². The molecule has 15 heavy (non-hydrogen) atoms. The molecule has 2 unspecified atom stereocenters. The molecule has 0 amide bonds. The van der Waals surface area contributed by atoms with Crippen LogP contribution in [0.1, 0.15) is 41.5 Å². The van der Waals surface area contributed by atoms with Crippen molar-refractivity contribution >= 4 is 0 Å². The lowest BCUT2D eigenvalue weighted by atomic mass is 9.85. The van der Waals surface area contributed by atoms with Gasteiger partial charge < -0.3 is 10.1 Å². The van der Waals surface area contributed by atoms with Crippen molar-refractivity contribution < 1.29 is 4.74 Å². The molecule has 0 aliphatic carbocycles. The van der Waals surface area contributed by atoms with Crippen LogP contribution >= 0.6 is 0 Å². The van der Waals surface area contributed by atoms with E-state index in [0.29, 0.717) is 6.04 Å². The van der Waals surface area contributed by atoms with Crippen molar-refractivity contribution in [2.75, 3.05) is 13.7 Å². The summed E-state index contributed by atoms with van der Waals surface area (Å²) in [7, 11) is 1.77. The molecule has 0 spiro atoms. The van der Waals surface area contributed by atoms with Gasteiger partial charge in [-0.05, 0) is 38.1 Å². The highest BCUT2D eigenvalue weighted by atomic mass is 16.5. The molecule has 2 heteroatoms. The normalized spacial score (nSPS) is 16.4. The second-order valence-electron chi connectivity index (χ2n) is 5.29. The molecule has 0 aromatic rings. The Balaban J connectivity index is 3.99. The SMILES string of the molecule is COC(C)C(C)NCC(C(C)C)C(C)C. The molecular weight excluding hydrogens is 186 g/mol. The second kappa shape index (κ2) is 7.24. The van der Waals surface area contributed by atoms with Crippen LogP contribution in [0.4, 0.5) is 0 Å². The summed E-state index contributed by atoms with van der Waals surface area (Å²) in [6.07, 6.45) is 0.282. The third-order valence-electron chi connectivity index (χ3n) is 3.46. The van der Waals surface area contributed by atoms with Gasteiger partial charge in [0.05, 0.1) is 6.10 Å². The van der Waals surface area contributed by atoms with Gasteiger partial charge in [-0.3, -0.25) is 0 Å². The summed E-state index contributed by atoms with van der Waals surface area (Å²) < 4.78 is 5.30. The highest BCUT2D eigenvalue weighted by molar-refractivity contribution is 4.74. The second-order valence-corrected chi connectivity index (χ2v) is 5.29. The molecule has 0 fully saturated rings. The van der Waals surface area contributed by atoms with E-state index in [9.17, 15) is 0 Å². The molecule has 2 atom stereocenters. The van der Waals surface area contributed by atoms with Gasteiger partial charge in [-0.1, -0.05) is 27.7 Å². The Morgan fingerprint density at radius 2 is 1.40 bits per heavy atom. The van der Waals surface area contributed by atoms with Gasteiger partial charge in [-0.2, -0.15) is 0 Å². The molecule has 0 saturated heterocycles. The fourth-order valence-electron chi connectivity index (χ4n) is 1.93. The average Bonchev–Trinajstić information content (AvgIpc) is 2.15. The number of rotatable bonds is 7. The van der Waals surface area contributed by atoms with Crippen LogP contribution in [0.25, 0.3) is 0 Å². The van der Waals surface area contributed by atoms with Gasteiger partial charge in [0.1, 0.15) is 0 Å². The highest BCUT2D eigenvalue weighted by Gasteiger charge is 2.19. The zero-order valence-corrected chi connectivity index (χ0v) is 11.5.